The summed E-state index contributed by atoms with van der Waals surface area (Å²) in [4.78, 5) is 13.9. The maximum atomic E-state index is 11.6. The molecule has 1 aliphatic rings. The molecule has 1 aliphatic heterocycles. The van der Waals surface area contributed by atoms with Crippen molar-refractivity contribution in [1.29, 1.82) is 0 Å². The fraction of sp³-hybridized carbons (Fsp3) is 0.345. The Balaban J connectivity index is 1.73. The largest absolute Gasteiger partial charge is 0.496 e. The summed E-state index contributed by atoms with van der Waals surface area (Å²) in [5.41, 5.74) is 2.99. The lowest BCUT2D eigenvalue weighted by atomic mass is 9.90. The number of nitrogens with zero attached hydrogens (tertiary/aromatic N) is 1. The van der Waals surface area contributed by atoms with Gasteiger partial charge in [0.1, 0.15) is 12.4 Å². The van der Waals surface area contributed by atoms with E-state index in [9.17, 15) is 9.90 Å². The molecule has 190 valence electrons. The minimum absolute atomic E-state index is 0.179. The Bertz CT molecular complexity index is 1130. The van der Waals surface area contributed by atoms with Crippen LogP contribution in [0.25, 0.3) is 0 Å². The summed E-state index contributed by atoms with van der Waals surface area (Å²) < 4.78 is 23.4. The molecule has 0 amide bonds. The van der Waals surface area contributed by atoms with Gasteiger partial charge in [-0.15, -0.1) is 0 Å². The third kappa shape index (κ3) is 5.57. The lowest BCUT2D eigenvalue weighted by Gasteiger charge is -2.37. The first kappa shape index (κ1) is 25.4. The molecule has 0 spiro atoms. The minimum atomic E-state index is -0.730. The number of piperidine rings is 1. The van der Waals surface area contributed by atoms with Crippen molar-refractivity contribution in [1.82, 2.24) is 4.90 Å². The van der Waals surface area contributed by atoms with Crippen LogP contribution in [0.5, 0.6) is 23.0 Å². The molecular weight excluding hydrogens is 458 g/mol. The molecule has 0 aromatic heterocycles. The second-order valence-corrected chi connectivity index (χ2v) is 8.82. The van der Waals surface area contributed by atoms with E-state index in [1.807, 2.05) is 66.7 Å². The van der Waals surface area contributed by atoms with E-state index in [0.29, 0.717) is 49.8 Å². The van der Waals surface area contributed by atoms with Gasteiger partial charge in [0.25, 0.3) is 0 Å². The second kappa shape index (κ2) is 11.8. The number of hydrogen-bond acceptors (Lipinski definition) is 6. The van der Waals surface area contributed by atoms with Crippen molar-refractivity contribution in [2.75, 3.05) is 34.4 Å². The summed E-state index contributed by atoms with van der Waals surface area (Å²) in [5.74, 6) is 1.39. The van der Waals surface area contributed by atoms with Crippen LogP contribution < -0.4 is 18.9 Å². The Kier molecular flexibility index (Phi) is 8.33. The predicted molar refractivity (Wildman–Crippen MR) is 137 cm³/mol. The number of para-hydroxylation sites is 1. The average Bonchev–Trinajstić information content (AvgIpc) is 2.93. The van der Waals surface area contributed by atoms with Gasteiger partial charge in [0.2, 0.25) is 5.75 Å². The topological polar surface area (TPSA) is 77.5 Å². The molecule has 0 bridgehead atoms. The van der Waals surface area contributed by atoms with Gasteiger partial charge in [0.05, 0.1) is 33.3 Å². The smallest absolute Gasteiger partial charge is 0.306 e. The summed E-state index contributed by atoms with van der Waals surface area (Å²) in [6, 6.07) is 21.6. The number of aliphatic carboxylic acids is 1. The van der Waals surface area contributed by atoms with Crippen LogP contribution >= 0.6 is 0 Å². The van der Waals surface area contributed by atoms with Crippen LogP contribution in [0.1, 0.15) is 35.6 Å². The molecule has 7 nitrogen and oxygen atoms in total. The van der Waals surface area contributed by atoms with Gasteiger partial charge in [-0.2, -0.15) is 0 Å². The summed E-state index contributed by atoms with van der Waals surface area (Å²) >= 11 is 0. The lowest BCUT2D eigenvalue weighted by molar-refractivity contribution is -0.143. The van der Waals surface area contributed by atoms with Crippen molar-refractivity contribution in [3.05, 3.63) is 83.4 Å². The Hall–Kier alpha value is -3.71. The van der Waals surface area contributed by atoms with Crippen molar-refractivity contribution in [3.8, 4) is 23.0 Å². The molecule has 3 aromatic carbocycles. The average molecular weight is 492 g/mol. The van der Waals surface area contributed by atoms with Gasteiger partial charge in [-0.3, -0.25) is 9.69 Å². The van der Waals surface area contributed by atoms with E-state index in [1.54, 1.807) is 21.3 Å². The van der Waals surface area contributed by atoms with E-state index >= 15 is 0 Å². The number of benzene rings is 3. The van der Waals surface area contributed by atoms with Crippen LogP contribution in [0.15, 0.2) is 66.7 Å². The molecule has 0 saturated carbocycles. The molecule has 3 aromatic rings. The van der Waals surface area contributed by atoms with Crippen LogP contribution in [0.3, 0.4) is 0 Å². The number of carbonyl (C=O) groups is 1. The second-order valence-electron chi connectivity index (χ2n) is 8.82. The van der Waals surface area contributed by atoms with Crippen molar-refractivity contribution in [2.45, 2.75) is 25.5 Å². The molecule has 0 radical (unpaired) electrons. The normalized spacial score (nSPS) is 15.2. The monoisotopic (exact) mass is 491 g/mol. The van der Waals surface area contributed by atoms with Crippen molar-refractivity contribution >= 4 is 5.97 Å². The van der Waals surface area contributed by atoms with Gasteiger partial charge in [0, 0.05) is 5.56 Å². The van der Waals surface area contributed by atoms with Crippen molar-refractivity contribution < 1.29 is 28.8 Å². The van der Waals surface area contributed by atoms with Gasteiger partial charge in [-0.25, -0.2) is 0 Å². The molecule has 1 fully saturated rings. The fourth-order valence-electron chi connectivity index (χ4n) is 4.81. The third-order valence-electron chi connectivity index (χ3n) is 6.70. The number of carboxylic acids is 1. The van der Waals surface area contributed by atoms with E-state index in [0.717, 1.165) is 22.4 Å². The standard InChI is InChI=1S/C29H33NO6/c1-33-24-12-8-7-11-23(24)27(30-15-13-21(14-16-30)29(31)32)22-17-25(34-2)28(26(18-22)35-3)36-19-20-9-5-4-6-10-20/h4-12,17-18,21,27H,13-16,19H2,1-3H3,(H,31,32). The quantitative estimate of drug-likeness (QED) is 0.419. The molecule has 1 unspecified atom stereocenters. The molecular formula is C29H33NO6. The lowest BCUT2D eigenvalue weighted by Crippen LogP contribution is -2.39. The maximum Gasteiger partial charge on any atom is 0.306 e. The molecule has 1 atom stereocenters. The number of likely N-dealkylation sites (tertiary alicyclic amines) is 1. The summed E-state index contributed by atoms with van der Waals surface area (Å²) in [5, 5.41) is 9.49. The fourth-order valence-corrected chi connectivity index (χ4v) is 4.81. The highest BCUT2D eigenvalue weighted by Gasteiger charge is 2.32. The Morgan fingerprint density at radius 1 is 0.889 bits per heavy atom. The molecule has 1 saturated heterocycles. The van der Waals surface area contributed by atoms with Crippen molar-refractivity contribution in [2.24, 2.45) is 5.92 Å². The third-order valence-corrected chi connectivity index (χ3v) is 6.70. The minimum Gasteiger partial charge on any atom is -0.496 e. The van der Waals surface area contributed by atoms with Gasteiger partial charge < -0.3 is 24.1 Å². The zero-order chi connectivity index (χ0) is 25.5. The number of hydrogen-bond donors (Lipinski definition) is 1. The summed E-state index contributed by atoms with van der Waals surface area (Å²) in [7, 11) is 4.89. The van der Waals surface area contributed by atoms with Crippen LogP contribution in [-0.4, -0.2) is 50.4 Å². The molecule has 7 heteroatoms. The van der Waals surface area contributed by atoms with Crippen LogP contribution in [-0.2, 0) is 11.4 Å². The number of methoxy groups -OCH3 is 3. The van der Waals surface area contributed by atoms with Crippen LogP contribution in [0, 0.1) is 5.92 Å². The van der Waals surface area contributed by atoms with Gasteiger partial charge >= 0.3 is 5.97 Å². The molecule has 0 aliphatic carbocycles. The van der Waals surface area contributed by atoms with Crippen molar-refractivity contribution in [3.63, 3.8) is 0 Å². The molecule has 1 N–H and O–H groups in total. The highest BCUT2D eigenvalue weighted by Crippen LogP contribution is 2.45. The number of rotatable bonds is 10. The highest BCUT2D eigenvalue weighted by atomic mass is 16.5. The Labute approximate surface area is 212 Å². The Morgan fingerprint density at radius 3 is 2.06 bits per heavy atom. The highest BCUT2D eigenvalue weighted by molar-refractivity contribution is 5.70. The Morgan fingerprint density at radius 2 is 1.47 bits per heavy atom. The summed E-state index contributed by atoms with van der Waals surface area (Å²) in [6.45, 7) is 1.68. The maximum absolute atomic E-state index is 11.6. The SMILES string of the molecule is COc1ccccc1C(c1cc(OC)c(OCc2ccccc2)c(OC)c1)N1CCC(C(=O)O)CC1. The van der Waals surface area contributed by atoms with Crippen LogP contribution in [0.4, 0.5) is 0 Å². The molecule has 4 rings (SSSR count). The van der Waals surface area contributed by atoms with E-state index in [4.69, 9.17) is 18.9 Å². The van der Waals surface area contributed by atoms with E-state index in [2.05, 4.69) is 4.90 Å². The number of ether oxygens (including phenoxy) is 4. The zero-order valence-electron chi connectivity index (χ0n) is 21.0. The van der Waals surface area contributed by atoms with Gasteiger partial charge in [-0.05, 0) is 55.3 Å². The molecule has 1 heterocycles. The van der Waals surface area contributed by atoms with Crippen LogP contribution in [0.2, 0.25) is 0 Å². The molecule has 36 heavy (non-hydrogen) atoms. The van der Waals surface area contributed by atoms with Gasteiger partial charge in [0.15, 0.2) is 11.5 Å². The van der Waals surface area contributed by atoms with E-state index < -0.39 is 5.97 Å². The predicted octanol–water partition coefficient (Wildman–Crippen LogP) is 5.18. The van der Waals surface area contributed by atoms with E-state index in [-0.39, 0.29) is 12.0 Å². The first-order valence-corrected chi connectivity index (χ1v) is 12.1. The first-order valence-electron chi connectivity index (χ1n) is 12.1. The van der Waals surface area contributed by atoms with E-state index in [1.165, 1.54) is 0 Å². The summed E-state index contributed by atoms with van der Waals surface area (Å²) in [6.07, 6.45) is 1.18. The number of carboxylic acid groups (broad SMARTS) is 1. The van der Waals surface area contributed by atoms with Gasteiger partial charge in [-0.1, -0.05) is 48.5 Å². The zero-order valence-corrected chi connectivity index (χ0v) is 21.0. The first-order chi connectivity index (χ1) is 17.5.